The number of hydrogen-bond acceptors (Lipinski definition) is 3. The molecule has 1 aromatic heterocycles. The van der Waals surface area contributed by atoms with Gasteiger partial charge in [0, 0.05) is 24.6 Å². The lowest BCUT2D eigenvalue weighted by atomic mass is 10.2. The maximum Gasteiger partial charge on any atom is 0.251 e. The molecule has 128 valence electrons. The Bertz CT molecular complexity index is 667. The molecule has 0 aliphatic rings. The van der Waals surface area contributed by atoms with E-state index in [2.05, 4.69) is 29.6 Å². The Labute approximate surface area is 142 Å². The number of carbonyl (C=O) groups is 2. The van der Waals surface area contributed by atoms with Crippen molar-refractivity contribution in [1.82, 2.24) is 15.1 Å². The third-order valence-electron chi connectivity index (χ3n) is 3.85. The third kappa shape index (κ3) is 4.94. The number of hydrogen-bond donors (Lipinski definition) is 2. The van der Waals surface area contributed by atoms with Crippen LogP contribution in [0.4, 0.5) is 5.82 Å². The fourth-order valence-corrected chi connectivity index (χ4v) is 2.29. The predicted molar refractivity (Wildman–Crippen MR) is 93.9 cm³/mol. The van der Waals surface area contributed by atoms with Gasteiger partial charge in [-0.2, -0.15) is 5.10 Å². The summed E-state index contributed by atoms with van der Waals surface area (Å²) in [7, 11) is 0. The van der Waals surface area contributed by atoms with Gasteiger partial charge in [0.2, 0.25) is 5.91 Å². The molecule has 0 aliphatic carbocycles. The van der Waals surface area contributed by atoms with Crippen LogP contribution in [0.25, 0.3) is 0 Å². The molecular formula is C18H24N4O2. The van der Waals surface area contributed by atoms with Crippen LogP contribution in [0.3, 0.4) is 0 Å². The van der Waals surface area contributed by atoms with Gasteiger partial charge in [0.1, 0.15) is 5.82 Å². The minimum atomic E-state index is -0.120. The summed E-state index contributed by atoms with van der Waals surface area (Å²) in [6.07, 6.45) is 3.56. The summed E-state index contributed by atoms with van der Waals surface area (Å²) < 4.78 is 1.81. The highest BCUT2D eigenvalue weighted by Crippen LogP contribution is 2.16. The van der Waals surface area contributed by atoms with E-state index in [0.717, 1.165) is 6.42 Å². The molecule has 0 fully saturated rings. The maximum absolute atomic E-state index is 12.0. The molecule has 1 unspecified atom stereocenters. The first kappa shape index (κ1) is 17.7. The SMILES string of the molecule is CCC(C)n1nccc1NC(=O)CCCNC(=O)c1ccccc1. The van der Waals surface area contributed by atoms with E-state index in [-0.39, 0.29) is 17.9 Å². The second kappa shape index (κ2) is 8.86. The van der Waals surface area contributed by atoms with Crippen molar-refractivity contribution in [1.29, 1.82) is 0 Å². The Morgan fingerprint density at radius 2 is 1.96 bits per heavy atom. The van der Waals surface area contributed by atoms with Crippen LogP contribution < -0.4 is 10.6 Å². The van der Waals surface area contributed by atoms with Crippen LogP contribution in [-0.2, 0) is 4.79 Å². The molecule has 0 bridgehead atoms. The van der Waals surface area contributed by atoms with E-state index in [1.807, 2.05) is 22.9 Å². The standard InChI is InChI=1S/C18H24N4O2/c1-3-14(2)22-16(11-13-20-22)21-17(23)10-7-12-19-18(24)15-8-5-4-6-9-15/h4-6,8-9,11,13-14H,3,7,10,12H2,1-2H3,(H,19,24)(H,21,23). The fraction of sp³-hybridized carbons (Fsp3) is 0.389. The lowest BCUT2D eigenvalue weighted by molar-refractivity contribution is -0.116. The summed E-state index contributed by atoms with van der Waals surface area (Å²) >= 11 is 0. The first-order chi connectivity index (χ1) is 11.6. The van der Waals surface area contributed by atoms with Crippen LogP contribution in [0.1, 0.15) is 49.5 Å². The van der Waals surface area contributed by atoms with Crippen LogP contribution in [0.2, 0.25) is 0 Å². The molecule has 2 aromatic rings. The molecule has 0 aliphatic heterocycles. The summed E-state index contributed by atoms with van der Waals surface area (Å²) in [5, 5.41) is 9.93. The van der Waals surface area contributed by atoms with Gasteiger partial charge < -0.3 is 10.6 Å². The minimum Gasteiger partial charge on any atom is -0.352 e. The Kier molecular flexibility index (Phi) is 6.54. The molecule has 1 atom stereocenters. The van der Waals surface area contributed by atoms with Crippen LogP contribution >= 0.6 is 0 Å². The quantitative estimate of drug-likeness (QED) is 0.731. The van der Waals surface area contributed by atoms with E-state index in [4.69, 9.17) is 0 Å². The van der Waals surface area contributed by atoms with Crippen LogP contribution in [-0.4, -0.2) is 28.1 Å². The Morgan fingerprint density at radius 1 is 1.21 bits per heavy atom. The molecule has 2 rings (SSSR count). The number of nitrogens with one attached hydrogen (secondary N) is 2. The van der Waals surface area contributed by atoms with Crippen LogP contribution in [0, 0.1) is 0 Å². The highest BCUT2D eigenvalue weighted by Gasteiger charge is 2.11. The molecule has 0 saturated carbocycles. The molecule has 1 aromatic carbocycles. The smallest absolute Gasteiger partial charge is 0.251 e. The number of rotatable bonds is 8. The zero-order valence-electron chi connectivity index (χ0n) is 14.2. The number of aromatic nitrogens is 2. The van der Waals surface area contributed by atoms with Crippen molar-refractivity contribution in [2.45, 2.75) is 39.2 Å². The van der Waals surface area contributed by atoms with Gasteiger partial charge >= 0.3 is 0 Å². The van der Waals surface area contributed by atoms with Crippen molar-refractivity contribution in [3.8, 4) is 0 Å². The average molecular weight is 328 g/mol. The second-order valence-electron chi connectivity index (χ2n) is 5.69. The first-order valence-electron chi connectivity index (χ1n) is 8.28. The van der Waals surface area contributed by atoms with Gasteiger partial charge in [-0.1, -0.05) is 25.1 Å². The van der Waals surface area contributed by atoms with E-state index in [9.17, 15) is 9.59 Å². The fourth-order valence-electron chi connectivity index (χ4n) is 2.29. The molecule has 2 amide bonds. The van der Waals surface area contributed by atoms with Gasteiger partial charge in [0.25, 0.3) is 5.91 Å². The third-order valence-corrected chi connectivity index (χ3v) is 3.85. The average Bonchev–Trinajstić information content (AvgIpc) is 3.06. The predicted octanol–water partition coefficient (Wildman–Crippen LogP) is 3.00. The van der Waals surface area contributed by atoms with Gasteiger partial charge in [-0.05, 0) is 31.9 Å². The van der Waals surface area contributed by atoms with Crippen molar-refractivity contribution in [2.24, 2.45) is 0 Å². The molecular weight excluding hydrogens is 304 g/mol. The largest absolute Gasteiger partial charge is 0.352 e. The van der Waals surface area contributed by atoms with Gasteiger partial charge in [0.05, 0.1) is 12.2 Å². The first-order valence-corrected chi connectivity index (χ1v) is 8.28. The van der Waals surface area contributed by atoms with Crippen LogP contribution in [0.15, 0.2) is 42.6 Å². The van der Waals surface area contributed by atoms with E-state index < -0.39 is 0 Å². The molecule has 6 nitrogen and oxygen atoms in total. The Hall–Kier alpha value is -2.63. The number of nitrogens with zero attached hydrogens (tertiary/aromatic N) is 2. The zero-order chi connectivity index (χ0) is 17.4. The van der Waals surface area contributed by atoms with Crippen LogP contribution in [0.5, 0.6) is 0 Å². The number of anilines is 1. The van der Waals surface area contributed by atoms with E-state index in [1.54, 1.807) is 24.4 Å². The van der Waals surface area contributed by atoms with Gasteiger partial charge in [-0.25, -0.2) is 4.68 Å². The van der Waals surface area contributed by atoms with E-state index in [0.29, 0.717) is 30.8 Å². The number of benzene rings is 1. The van der Waals surface area contributed by atoms with Crippen molar-refractivity contribution < 1.29 is 9.59 Å². The Morgan fingerprint density at radius 3 is 2.67 bits per heavy atom. The highest BCUT2D eigenvalue weighted by atomic mass is 16.2. The summed E-state index contributed by atoms with van der Waals surface area (Å²) in [6.45, 7) is 4.60. The molecule has 0 radical (unpaired) electrons. The molecule has 0 spiro atoms. The molecule has 1 heterocycles. The summed E-state index contributed by atoms with van der Waals surface area (Å²) in [6, 6.07) is 11.1. The zero-order valence-corrected chi connectivity index (χ0v) is 14.2. The molecule has 6 heteroatoms. The van der Waals surface area contributed by atoms with Crippen molar-refractivity contribution in [2.75, 3.05) is 11.9 Å². The molecule has 2 N–H and O–H groups in total. The lowest BCUT2D eigenvalue weighted by Crippen LogP contribution is -2.25. The number of carbonyl (C=O) groups excluding carboxylic acids is 2. The molecule has 0 saturated heterocycles. The topological polar surface area (TPSA) is 76.0 Å². The van der Waals surface area contributed by atoms with Gasteiger partial charge in [-0.15, -0.1) is 0 Å². The maximum atomic E-state index is 12.0. The minimum absolute atomic E-state index is 0.0750. The summed E-state index contributed by atoms with van der Waals surface area (Å²) in [5.74, 6) is 0.516. The summed E-state index contributed by atoms with van der Waals surface area (Å²) in [4.78, 5) is 23.9. The molecule has 24 heavy (non-hydrogen) atoms. The van der Waals surface area contributed by atoms with Gasteiger partial charge in [0.15, 0.2) is 0 Å². The van der Waals surface area contributed by atoms with Crippen molar-refractivity contribution in [3.63, 3.8) is 0 Å². The summed E-state index contributed by atoms with van der Waals surface area (Å²) in [5.41, 5.74) is 0.624. The Balaban J connectivity index is 1.72. The lowest BCUT2D eigenvalue weighted by Gasteiger charge is -2.14. The second-order valence-corrected chi connectivity index (χ2v) is 5.69. The van der Waals surface area contributed by atoms with Crippen molar-refractivity contribution in [3.05, 3.63) is 48.2 Å². The highest BCUT2D eigenvalue weighted by molar-refractivity contribution is 5.94. The van der Waals surface area contributed by atoms with E-state index in [1.165, 1.54) is 0 Å². The normalized spacial score (nSPS) is 11.8. The van der Waals surface area contributed by atoms with Crippen molar-refractivity contribution >= 4 is 17.6 Å². The number of amides is 2. The monoisotopic (exact) mass is 328 g/mol. The van der Waals surface area contributed by atoms with Gasteiger partial charge in [-0.3, -0.25) is 9.59 Å². The van der Waals surface area contributed by atoms with E-state index >= 15 is 0 Å².